The number of aromatic nitrogens is 1. The molecule has 42 heavy (non-hydrogen) atoms. The predicted molar refractivity (Wildman–Crippen MR) is 137 cm³/mol. The van der Waals surface area contributed by atoms with Crippen molar-refractivity contribution >= 4 is 23.3 Å². The van der Waals surface area contributed by atoms with Crippen LogP contribution in [0.25, 0.3) is 0 Å². The van der Waals surface area contributed by atoms with E-state index in [2.05, 4.69) is 39.2 Å². The molecule has 0 radical (unpaired) electrons. The van der Waals surface area contributed by atoms with E-state index >= 15 is 0 Å². The van der Waals surface area contributed by atoms with Crippen molar-refractivity contribution in [3.63, 3.8) is 0 Å². The van der Waals surface area contributed by atoms with E-state index in [0.29, 0.717) is 6.61 Å². The number of hydrogen-bond donors (Lipinski definition) is 2. The third kappa shape index (κ3) is 12.1. The number of aliphatic carboxylic acids is 2. The summed E-state index contributed by atoms with van der Waals surface area (Å²) in [5.74, 6) is -4.62. The van der Waals surface area contributed by atoms with Crippen LogP contribution >= 0.6 is 11.3 Å². The number of morpholine rings is 1. The van der Waals surface area contributed by atoms with Crippen molar-refractivity contribution in [2.24, 2.45) is 0 Å². The molecule has 1 aromatic carbocycles. The highest BCUT2D eigenvalue weighted by molar-refractivity contribution is 7.09. The fourth-order valence-corrected chi connectivity index (χ4v) is 4.66. The number of carboxylic acids is 2. The minimum Gasteiger partial charge on any atom is -0.497 e. The summed E-state index contributed by atoms with van der Waals surface area (Å²) >= 11 is 1.71. The third-order valence-corrected chi connectivity index (χ3v) is 6.68. The Labute approximate surface area is 241 Å². The van der Waals surface area contributed by atoms with Gasteiger partial charge in [-0.2, -0.15) is 26.3 Å². The Morgan fingerprint density at radius 3 is 1.98 bits per heavy atom. The lowest BCUT2D eigenvalue weighted by Crippen LogP contribution is -2.58. The fraction of sp³-hybridized carbons (Fsp3) is 0.560. The van der Waals surface area contributed by atoms with E-state index in [0.717, 1.165) is 68.9 Å². The molecule has 2 aromatic rings. The maximum atomic E-state index is 10.6. The van der Waals surface area contributed by atoms with Gasteiger partial charge in [0.2, 0.25) is 0 Å². The first-order chi connectivity index (χ1) is 19.5. The molecular formula is C25H31F6N3O7S. The molecule has 0 bridgehead atoms. The second kappa shape index (κ2) is 15.5. The molecular weight excluding hydrogens is 600 g/mol. The molecule has 1 spiro atoms. The summed E-state index contributed by atoms with van der Waals surface area (Å²) in [5, 5.41) is 17.5. The molecule has 2 aliphatic heterocycles. The molecule has 2 N–H and O–H groups in total. The summed E-state index contributed by atoms with van der Waals surface area (Å²) in [5.41, 5.74) is 2.17. The number of thiazole rings is 1. The second-order valence-corrected chi connectivity index (χ2v) is 10.4. The maximum absolute atomic E-state index is 10.6. The molecule has 2 aliphatic rings. The Bertz CT molecular complexity index is 1120. The topological polar surface area (TPSA) is 122 Å². The lowest BCUT2D eigenvalue weighted by molar-refractivity contribution is -0.193. The molecule has 236 valence electrons. The van der Waals surface area contributed by atoms with E-state index in [1.807, 2.05) is 12.1 Å². The first-order valence-electron chi connectivity index (χ1n) is 12.3. The summed E-state index contributed by atoms with van der Waals surface area (Å²) in [7, 11) is 1.70. The summed E-state index contributed by atoms with van der Waals surface area (Å²) in [6, 6.07) is 8.33. The average Bonchev–Trinajstić information content (AvgIpc) is 3.21. The van der Waals surface area contributed by atoms with Crippen molar-refractivity contribution in [1.82, 2.24) is 14.8 Å². The van der Waals surface area contributed by atoms with E-state index in [4.69, 9.17) is 34.0 Å². The first kappa shape index (κ1) is 35.2. The number of benzene rings is 1. The number of carbonyl (C=O) groups is 2. The largest absolute Gasteiger partial charge is 0.497 e. The number of hydrogen-bond acceptors (Lipinski definition) is 9. The van der Waals surface area contributed by atoms with Gasteiger partial charge in [-0.05, 0) is 24.6 Å². The van der Waals surface area contributed by atoms with Crippen molar-refractivity contribution < 1.29 is 60.4 Å². The van der Waals surface area contributed by atoms with Crippen molar-refractivity contribution in [1.29, 1.82) is 0 Å². The zero-order chi connectivity index (χ0) is 31.6. The van der Waals surface area contributed by atoms with Gasteiger partial charge in [-0.3, -0.25) is 9.80 Å². The summed E-state index contributed by atoms with van der Waals surface area (Å²) < 4.78 is 81.0. The highest BCUT2D eigenvalue weighted by Crippen LogP contribution is 2.25. The molecule has 2 fully saturated rings. The molecule has 0 aliphatic carbocycles. The molecule has 3 heterocycles. The molecule has 0 amide bonds. The molecule has 17 heteroatoms. The Kier molecular flexibility index (Phi) is 13.0. The zero-order valence-corrected chi connectivity index (χ0v) is 23.5. The van der Waals surface area contributed by atoms with E-state index in [-0.39, 0.29) is 5.60 Å². The number of carboxylic acid groups (broad SMARTS) is 2. The van der Waals surface area contributed by atoms with Crippen LogP contribution in [0.4, 0.5) is 26.3 Å². The average molecular weight is 632 g/mol. The smallest absolute Gasteiger partial charge is 0.490 e. The second-order valence-electron chi connectivity index (χ2n) is 9.32. The number of halogens is 6. The van der Waals surface area contributed by atoms with Crippen LogP contribution in [0.2, 0.25) is 0 Å². The van der Waals surface area contributed by atoms with E-state index in [1.165, 1.54) is 5.56 Å². The van der Waals surface area contributed by atoms with Crippen LogP contribution in [0.1, 0.15) is 16.3 Å². The van der Waals surface area contributed by atoms with Gasteiger partial charge in [-0.1, -0.05) is 12.1 Å². The van der Waals surface area contributed by atoms with Crippen molar-refractivity contribution in [2.75, 3.05) is 53.1 Å². The zero-order valence-electron chi connectivity index (χ0n) is 22.7. The SMILES string of the molecule is COc1ccc(CN2CCOC3(COCCN(Cc4csc(C)n4)C3)C2)cc1.O=C(O)C(F)(F)F.O=C(O)C(F)(F)F. The van der Waals surface area contributed by atoms with Gasteiger partial charge >= 0.3 is 24.3 Å². The molecule has 10 nitrogen and oxygen atoms in total. The van der Waals surface area contributed by atoms with Crippen LogP contribution in [-0.2, 0) is 32.2 Å². The minimum atomic E-state index is -5.08. The highest BCUT2D eigenvalue weighted by Gasteiger charge is 2.41. The molecule has 0 saturated carbocycles. The summed E-state index contributed by atoms with van der Waals surface area (Å²) in [6.07, 6.45) is -10.2. The Morgan fingerprint density at radius 2 is 1.50 bits per heavy atom. The van der Waals surface area contributed by atoms with Crippen LogP contribution in [0, 0.1) is 6.92 Å². The van der Waals surface area contributed by atoms with Crippen molar-refractivity contribution in [2.45, 2.75) is 38.0 Å². The Morgan fingerprint density at radius 1 is 0.976 bits per heavy atom. The normalized spacial score (nSPS) is 20.0. The summed E-state index contributed by atoms with van der Waals surface area (Å²) in [4.78, 5) is 27.3. The first-order valence-corrected chi connectivity index (χ1v) is 13.2. The van der Waals surface area contributed by atoms with E-state index in [9.17, 15) is 26.3 Å². The molecule has 1 aromatic heterocycles. The van der Waals surface area contributed by atoms with Gasteiger partial charge in [0.15, 0.2) is 0 Å². The van der Waals surface area contributed by atoms with E-state index < -0.39 is 24.3 Å². The van der Waals surface area contributed by atoms with Crippen LogP contribution in [-0.4, -0.2) is 108 Å². The van der Waals surface area contributed by atoms with Crippen molar-refractivity contribution in [3.05, 3.63) is 45.9 Å². The van der Waals surface area contributed by atoms with Crippen LogP contribution in [0.3, 0.4) is 0 Å². The van der Waals surface area contributed by atoms with Crippen LogP contribution in [0.5, 0.6) is 5.75 Å². The monoisotopic (exact) mass is 631 g/mol. The number of nitrogens with zero attached hydrogens (tertiary/aromatic N) is 3. The van der Waals surface area contributed by atoms with E-state index in [1.54, 1.807) is 18.4 Å². The lowest BCUT2D eigenvalue weighted by Gasteiger charge is -2.43. The number of aryl methyl sites for hydroxylation is 1. The molecule has 1 atom stereocenters. The molecule has 4 rings (SSSR count). The standard InChI is InChI=1S/C21H29N3O3S.2C2HF3O2/c1-17-22-19(13-28-17)12-24-7-9-26-16-21(15-24)14-23(8-10-27-21)11-18-3-5-20(25-2)6-4-18;2*3-2(4,5)1(6)7/h3-6,13H,7-12,14-16H2,1-2H3;2*(H,6,7). The minimum absolute atomic E-state index is 0.272. The van der Waals surface area contributed by atoms with Gasteiger partial charge in [-0.15, -0.1) is 11.3 Å². The Balaban J connectivity index is 0.000000367. The number of rotatable bonds is 5. The number of ether oxygens (including phenoxy) is 3. The Hall–Kier alpha value is -2.99. The van der Waals surface area contributed by atoms with Gasteiger partial charge in [0.05, 0.1) is 37.6 Å². The predicted octanol–water partition coefficient (Wildman–Crippen LogP) is 3.83. The van der Waals surface area contributed by atoms with Crippen molar-refractivity contribution in [3.8, 4) is 5.75 Å². The maximum Gasteiger partial charge on any atom is 0.490 e. The van der Waals surface area contributed by atoms with Gasteiger partial charge in [-0.25, -0.2) is 14.6 Å². The molecule has 1 unspecified atom stereocenters. The van der Waals surface area contributed by atoms with Crippen LogP contribution < -0.4 is 4.74 Å². The number of alkyl halides is 6. The van der Waals surface area contributed by atoms with Gasteiger partial charge in [0.25, 0.3) is 0 Å². The van der Waals surface area contributed by atoms with Gasteiger partial charge in [0, 0.05) is 44.6 Å². The number of methoxy groups -OCH3 is 1. The highest BCUT2D eigenvalue weighted by atomic mass is 32.1. The van der Waals surface area contributed by atoms with Crippen LogP contribution in [0.15, 0.2) is 29.6 Å². The lowest BCUT2D eigenvalue weighted by atomic mass is 10.0. The van der Waals surface area contributed by atoms with Gasteiger partial charge in [0.1, 0.15) is 11.4 Å². The third-order valence-electron chi connectivity index (χ3n) is 5.86. The summed E-state index contributed by atoms with van der Waals surface area (Å²) in [6.45, 7) is 9.59. The quantitative estimate of drug-likeness (QED) is 0.471. The fourth-order valence-electron chi connectivity index (χ4n) is 4.06. The molecule has 2 saturated heterocycles. The van der Waals surface area contributed by atoms with Gasteiger partial charge < -0.3 is 24.4 Å².